The summed E-state index contributed by atoms with van der Waals surface area (Å²) in [6.07, 6.45) is 0.0813. The van der Waals surface area contributed by atoms with E-state index < -0.39 is 16.1 Å². The molecule has 1 heterocycles. The van der Waals surface area contributed by atoms with Gasteiger partial charge in [0.2, 0.25) is 15.9 Å². The number of ether oxygens (including phenoxy) is 1. The summed E-state index contributed by atoms with van der Waals surface area (Å²) in [4.78, 5) is 25.3. The zero-order valence-corrected chi connectivity index (χ0v) is 16.5. The molecule has 0 radical (unpaired) electrons. The zero-order chi connectivity index (χ0) is 20.3. The number of anilines is 1. The number of ketones is 1. The number of hydrogen-bond acceptors (Lipinski definition) is 5. The van der Waals surface area contributed by atoms with Gasteiger partial charge in [0.05, 0.1) is 11.5 Å². The largest absolute Gasteiger partial charge is 0.494 e. The Hall–Kier alpha value is -2.71. The maximum atomic E-state index is 12.6. The Morgan fingerprint density at radius 2 is 1.79 bits per heavy atom. The number of hydrogen-bond donors (Lipinski definition) is 1. The summed E-state index contributed by atoms with van der Waals surface area (Å²) in [7, 11) is -3.79. The van der Waals surface area contributed by atoms with E-state index in [0.29, 0.717) is 23.6 Å². The van der Waals surface area contributed by atoms with Crippen molar-refractivity contribution in [1.29, 1.82) is 0 Å². The van der Waals surface area contributed by atoms with Crippen LogP contribution < -0.4 is 14.4 Å². The molecule has 1 N–H and O–H groups in total. The lowest BCUT2D eigenvalue weighted by Crippen LogP contribution is -2.37. The average Bonchev–Trinajstić information content (AvgIpc) is 3.02. The van der Waals surface area contributed by atoms with Crippen LogP contribution in [0.2, 0.25) is 0 Å². The highest BCUT2D eigenvalue weighted by atomic mass is 32.2. The first-order chi connectivity index (χ1) is 13.3. The smallest absolute Gasteiger partial charge is 0.240 e. The first-order valence-electron chi connectivity index (χ1n) is 8.96. The van der Waals surface area contributed by atoms with Crippen molar-refractivity contribution in [2.24, 2.45) is 0 Å². The minimum atomic E-state index is -3.79. The van der Waals surface area contributed by atoms with Crippen molar-refractivity contribution in [3.8, 4) is 5.75 Å². The molecule has 1 unspecified atom stereocenters. The van der Waals surface area contributed by atoms with E-state index in [4.69, 9.17) is 4.74 Å². The van der Waals surface area contributed by atoms with Crippen molar-refractivity contribution < 1.29 is 22.7 Å². The van der Waals surface area contributed by atoms with Gasteiger partial charge in [-0.25, -0.2) is 13.1 Å². The van der Waals surface area contributed by atoms with Crippen LogP contribution in [0, 0.1) is 0 Å². The second kappa shape index (κ2) is 8.12. The summed E-state index contributed by atoms with van der Waals surface area (Å²) in [5.74, 6) is 0.428. The second-order valence-corrected chi connectivity index (χ2v) is 8.25. The Labute approximate surface area is 164 Å². The van der Waals surface area contributed by atoms with Crippen LogP contribution in [0.3, 0.4) is 0 Å². The maximum Gasteiger partial charge on any atom is 0.240 e. The van der Waals surface area contributed by atoms with Gasteiger partial charge in [0.15, 0.2) is 5.78 Å². The van der Waals surface area contributed by atoms with Crippen LogP contribution in [0.1, 0.15) is 30.6 Å². The number of carbonyl (C=O) groups is 2. The van der Waals surface area contributed by atoms with Crippen molar-refractivity contribution in [3.63, 3.8) is 0 Å². The molecule has 1 atom stereocenters. The minimum absolute atomic E-state index is 0.0597. The summed E-state index contributed by atoms with van der Waals surface area (Å²) in [5.41, 5.74) is 1.14. The van der Waals surface area contributed by atoms with Crippen molar-refractivity contribution in [2.75, 3.05) is 18.1 Å². The minimum Gasteiger partial charge on any atom is -0.494 e. The molecular weight excluding hydrogens is 380 g/mol. The van der Waals surface area contributed by atoms with Gasteiger partial charge in [-0.05, 0) is 50.2 Å². The molecule has 0 saturated carbocycles. The predicted octanol–water partition coefficient (Wildman–Crippen LogP) is 2.37. The Bertz CT molecular complexity index is 969. The molecule has 8 heteroatoms. The van der Waals surface area contributed by atoms with Gasteiger partial charge in [-0.3, -0.25) is 9.59 Å². The molecule has 7 nitrogen and oxygen atoms in total. The molecule has 2 aromatic carbocycles. The fraction of sp³-hybridized carbons (Fsp3) is 0.300. The van der Waals surface area contributed by atoms with E-state index in [2.05, 4.69) is 4.72 Å². The molecule has 28 heavy (non-hydrogen) atoms. The lowest BCUT2D eigenvalue weighted by Gasteiger charge is -2.18. The Morgan fingerprint density at radius 3 is 2.36 bits per heavy atom. The molecule has 0 aromatic heterocycles. The van der Waals surface area contributed by atoms with Crippen LogP contribution in [0.4, 0.5) is 5.69 Å². The van der Waals surface area contributed by atoms with Gasteiger partial charge in [-0.1, -0.05) is 12.1 Å². The first-order valence-corrected chi connectivity index (χ1v) is 10.4. The van der Waals surface area contributed by atoms with E-state index in [9.17, 15) is 18.0 Å². The van der Waals surface area contributed by atoms with E-state index in [0.717, 1.165) is 0 Å². The van der Waals surface area contributed by atoms with Gasteiger partial charge in [0.25, 0.3) is 0 Å². The summed E-state index contributed by atoms with van der Waals surface area (Å²) in [5, 5.41) is 0. The Kier molecular flexibility index (Phi) is 5.81. The topological polar surface area (TPSA) is 92.8 Å². The van der Waals surface area contributed by atoms with E-state index in [1.54, 1.807) is 29.2 Å². The quantitative estimate of drug-likeness (QED) is 0.718. The van der Waals surface area contributed by atoms with Crippen LogP contribution >= 0.6 is 0 Å². The summed E-state index contributed by atoms with van der Waals surface area (Å²) in [6, 6.07) is 12.3. The molecule has 3 rings (SSSR count). The fourth-order valence-corrected chi connectivity index (χ4v) is 4.31. The van der Waals surface area contributed by atoms with Crippen LogP contribution in [-0.4, -0.2) is 39.3 Å². The predicted molar refractivity (Wildman–Crippen MR) is 105 cm³/mol. The number of benzene rings is 2. The van der Waals surface area contributed by atoms with Crippen LogP contribution in [0.5, 0.6) is 5.75 Å². The molecule has 1 aliphatic heterocycles. The standard InChI is InChI=1S/C20H22N2O5S/c1-3-27-18-8-6-17(7-9-18)22-13-16(12-20(22)24)21-28(25,26)19-10-4-15(5-11-19)14(2)23/h4-11,16,21H,3,12-13H2,1-2H3. The van der Waals surface area contributed by atoms with E-state index in [1.807, 2.05) is 6.92 Å². The normalized spacial score (nSPS) is 17.0. The van der Waals surface area contributed by atoms with Gasteiger partial charge in [0, 0.05) is 30.3 Å². The van der Waals surface area contributed by atoms with E-state index >= 15 is 0 Å². The molecule has 2 aromatic rings. The Morgan fingerprint density at radius 1 is 1.14 bits per heavy atom. The molecule has 1 amide bonds. The molecule has 1 saturated heterocycles. The molecular formula is C20H22N2O5S. The monoisotopic (exact) mass is 402 g/mol. The number of amides is 1. The number of rotatable bonds is 7. The van der Waals surface area contributed by atoms with Gasteiger partial charge < -0.3 is 9.64 Å². The summed E-state index contributed by atoms with van der Waals surface area (Å²) < 4.78 is 33.2. The summed E-state index contributed by atoms with van der Waals surface area (Å²) >= 11 is 0. The van der Waals surface area contributed by atoms with Gasteiger partial charge in [0.1, 0.15) is 5.75 Å². The van der Waals surface area contributed by atoms with Crippen molar-refractivity contribution >= 4 is 27.4 Å². The van der Waals surface area contributed by atoms with Crippen LogP contribution in [-0.2, 0) is 14.8 Å². The number of carbonyl (C=O) groups excluding carboxylic acids is 2. The lowest BCUT2D eigenvalue weighted by molar-refractivity contribution is -0.117. The third-order valence-corrected chi connectivity index (χ3v) is 6.01. The number of sulfonamides is 1. The number of nitrogens with zero attached hydrogens (tertiary/aromatic N) is 1. The number of nitrogens with one attached hydrogen (secondary N) is 1. The van der Waals surface area contributed by atoms with Gasteiger partial charge >= 0.3 is 0 Å². The molecule has 0 aliphatic carbocycles. The van der Waals surface area contributed by atoms with Crippen molar-refractivity contribution in [3.05, 3.63) is 54.1 Å². The lowest BCUT2D eigenvalue weighted by atomic mass is 10.2. The van der Waals surface area contributed by atoms with E-state index in [1.165, 1.54) is 31.2 Å². The fourth-order valence-electron chi connectivity index (χ4n) is 3.08. The molecule has 0 bridgehead atoms. The average molecular weight is 402 g/mol. The second-order valence-electron chi connectivity index (χ2n) is 6.53. The highest BCUT2D eigenvalue weighted by molar-refractivity contribution is 7.89. The SMILES string of the molecule is CCOc1ccc(N2CC(NS(=O)(=O)c3ccc(C(C)=O)cc3)CC2=O)cc1. The number of Topliss-reactive ketones (excluding diaryl/α,β-unsaturated/α-hetero) is 1. The molecule has 1 fully saturated rings. The Balaban J connectivity index is 1.69. The van der Waals surface area contributed by atoms with E-state index in [-0.39, 0.29) is 29.6 Å². The molecule has 1 aliphatic rings. The van der Waals surface area contributed by atoms with Crippen LogP contribution in [0.25, 0.3) is 0 Å². The molecule has 0 spiro atoms. The zero-order valence-electron chi connectivity index (χ0n) is 15.7. The summed E-state index contributed by atoms with van der Waals surface area (Å²) in [6.45, 7) is 4.11. The van der Waals surface area contributed by atoms with Crippen molar-refractivity contribution in [1.82, 2.24) is 4.72 Å². The highest BCUT2D eigenvalue weighted by Gasteiger charge is 2.33. The first kappa shape index (κ1) is 20.0. The third-order valence-electron chi connectivity index (χ3n) is 4.48. The highest BCUT2D eigenvalue weighted by Crippen LogP contribution is 2.25. The third kappa shape index (κ3) is 4.40. The van der Waals surface area contributed by atoms with Gasteiger partial charge in [-0.15, -0.1) is 0 Å². The maximum absolute atomic E-state index is 12.6. The van der Waals surface area contributed by atoms with Gasteiger partial charge in [-0.2, -0.15) is 0 Å². The molecule has 148 valence electrons. The van der Waals surface area contributed by atoms with Crippen LogP contribution in [0.15, 0.2) is 53.4 Å². The van der Waals surface area contributed by atoms with Crippen molar-refractivity contribution in [2.45, 2.75) is 31.2 Å².